The molecule has 0 N–H and O–H groups in total. The Hall–Kier alpha value is -4.65. The first kappa shape index (κ1) is 23.5. The van der Waals surface area contributed by atoms with Gasteiger partial charge in [-0.3, -0.25) is 9.59 Å². The van der Waals surface area contributed by atoms with Crippen LogP contribution in [0.2, 0.25) is 0 Å². The fraction of sp³-hybridized carbons (Fsp3) is 0.107. The molecule has 0 bridgehead atoms. The second kappa shape index (κ2) is 10.1. The van der Waals surface area contributed by atoms with E-state index in [9.17, 15) is 14.4 Å². The Morgan fingerprint density at radius 2 is 1.23 bits per heavy atom. The van der Waals surface area contributed by atoms with Gasteiger partial charge < -0.3 is 18.9 Å². The van der Waals surface area contributed by atoms with Crippen LogP contribution < -0.4 is 18.9 Å². The molecule has 1 aliphatic rings. The zero-order valence-corrected chi connectivity index (χ0v) is 19.4. The minimum atomic E-state index is -0.610. The molecule has 0 aliphatic heterocycles. The van der Waals surface area contributed by atoms with Crippen molar-refractivity contribution in [3.8, 4) is 23.0 Å². The Morgan fingerprint density at radius 1 is 0.686 bits per heavy atom. The summed E-state index contributed by atoms with van der Waals surface area (Å²) in [5, 5.41) is 0. The minimum absolute atomic E-state index is 0.0795. The number of carbonyl (C=O) groups is 3. The summed E-state index contributed by atoms with van der Waals surface area (Å²) in [4.78, 5) is 37.6. The number of methoxy groups -OCH3 is 3. The number of ether oxygens (including phenoxy) is 4. The fourth-order valence-corrected chi connectivity index (χ4v) is 3.69. The molecule has 35 heavy (non-hydrogen) atoms. The van der Waals surface area contributed by atoms with E-state index < -0.39 is 5.97 Å². The van der Waals surface area contributed by atoms with Gasteiger partial charge in [0.2, 0.25) is 0 Å². The topological polar surface area (TPSA) is 88.1 Å². The van der Waals surface area contributed by atoms with Crippen molar-refractivity contribution < 1.29 is 33.3 Å². The smallest absolute Gasteiger partial charge is 0.336 e. The predicted octanol–water partition coefficient (Wildman–Crippen LogP) is 4.79. The van der Waals surface area contributed by atoms with E-state index in [4.69, 9.17) is 18.9 Å². The van der Waals surface area contributed by atoms with E-state index in [1.54, 1.807) is 73.8 Å². The average Bonchev–Trinajstić information content (AvgIpc) is 3.12. The molecule has 7 heteroatoms. The number of esters is 1. The highest BCUT2D eigenvalue weighted by Crippen LogP contribution is 2.32. The Balaban J connectivity index is 1.51. The molecule has 0 saturated heterocycles. The second-order valence-corrected chi connectivity index (χ2v) is 7.54. The first-order chi connectivity index (χ1) is 16.9. The molecule has 0 saturated carbocycles. The number of rotatable bonds is 7. The SMILES string of the molecule is COc1ccc(/C=C/C(=O)Oc2ccc(C=C3C(=O)c4ccccc4C3=O)cc2OC)cc1OC. The minimum Gasteiger partial charge on any atom is -0.493 e. The Kier molecular flexibility index (Phi) is 6.78. The van der Waals surface area contributed by atoms with Crippen LogP contribution in [0.25, 0.3) is 12.2 Å². The largest absolute Gasteiger partial charge is 0.493 e. The highest BCUT2D eigenvalue weighted by Gasteiger charge is 2.32. The van der Waals surface area contributed by atoms with Gasteiger partial charge in [-0.15, -0.1) is 0 Å². The van der Waals surface area contributed by atoms with Crippen molar-refractivity contribution >= 4 is 29.7 Å². The van der Waals surface area contributed by atoms with Crippen LogP contribution in [-0.2, 0) is 4.79 Å². The van der Waals surface area contributed by atoms with E-state index in [0.717, 1.165) is 5.56 Å². The molecule has 3 aromatic carbocycles. The standard InChI is InChI=1S/C28H22O7/c1-32-22-11-8-17(15-24(22)33-2)10-13-26(29)35-23-12-9-18(16-25(23)34-3)14-21-27(30)19-6-4-5-7-20(19)28(21)31/h4-16H,1-3H3/b13-10+. The second-order valence-electron chi connectivity index (χ2n) is 7.54. The number of hydrogen-bond acceptors (Lipinski definition) is 7. The molecule has 0 amide bonds. The molecular formula is C28H22O7. The summed E-state index contributed by atoms with van der Waals surface area (Å²) >= 11 is 0. The van der Waals surface area contributed by atoms with Crippen molar-refractivity contribution in [2.75, 3.05) is 21.3 Å². The Bertz CT molecular complexity index is 1340. The maximum atomic E-state index is 12.6. The van der Waals surface area contributed by atoms with Crippen molar-refractivity contribution in [3.05, 3.63) is 94.6 Å². The Labute approximate surface area is 202 Å². The first-order valence-corrected chi connectivity index (χ1v) is 10.6. The molecule has 176 valence electrons. The van der Waals surface area contributed by atoms with Gasteiger partial charge in [0.25, 0.3) is 0 Å². The number of allylic oxidation sites excluding steroid dienone is 1. The van der Waals surface area contributed by atoms with Gasteiger partial charge in [-0.25, -0.2) is 4.79 Å². The number of Topliss-reactive ketones (excluding diaryl/α,β-unsaturated/α-hetero) is 2. The lowest BCUT2D eigenvalue weighted by molar-refractivity contribution is -0.129. The van der Waals surface area contributed by atoms with E-state index in [1.807, 2.05) is 0 Å². The van der Waals surface area contributed by atoms with Gasteiger partial charge in [0, 0.05) is 17.2 Å². The van der Waals surface area contributed by atoms with Crippen LogP contribution >= 0.6 is 0 Å². The van der Waals surface area contributed by atoms with Gasteiger partial charge in [0.1, 0.15) is 0 Å². The number of ketones is 2. The summed E-state index contributed by atoms with van der Waals surface area (Å²) in [7, 11) is 4.51. The molecular weight excluding hydrogens is 448 g/mol. The van der Waals surface area contributed by atoms with Crippen LogP contribution in [-0.4, -0.2) is 38.9 Å². The third-order valence-corrected chi connectivity index (χ3v) is 5.43. The van der Waals surface area contributed by atoms with Crippen LogP contribution in [0.4, 0.5) is 0 Å². The summed E-state index contributed by atoms with van der Waals surface area (Å²) in [5.41, 5.74) is 2.15. The summed E-state index contributed by atoms with van der Waals surface area (Å²) in [5.74, 6) is 0.349. The molecule has 7 nitrogen and oxygen atoms in total. The van der Waals surface area contributed by atoms with Crippen LogP contribution in [0.5, 0.6) is 23.0 Å². The number of benzene rings is 3. The maximum absolute atomic E-state index is 12.6. The van der Waals surface area contributed by atoms with Crippen molar-refractivity contribution in [3.63, 3.8) is 0 Å². The third-order valence-electron chi connectivity index (χ3n) is 5.43. The summed E-state index contributed by atoms with van der Waals surface area (Å²) < 4.78 is 21.2. The van der Waals surface area contributed by atoms with E-state index in [0.29, 0.717) is 28.2 Å². The van der Waals surface area contributed by atoms with Gasteiger partial charge in [0.15, 0.2) is 34.6 Å². The molecule has 0 heterocycles. The van der Waals surface area contributed by atoms with E-state index in [2.05, 4.69) is 0 Å². The van der Waals surface area contributed by atoms with Crippen molar-refractivity contribution in [2.45, 2.75) is 0 Å². The number of carbonyl (C=O) groups excluding carboxylic acids is 3. The highest BCUT2D eigenvalue weighted by molar-refractivity contribution is 6.41. The molecule has 1 aliphatic carbocycles. The summed E-state index contributed by atoms with van der Waals surface area (Å²) in [6.45, 7) is 0. The summed E-state index contributed by atoms with van der Waals surface area (Å²) in [6, 6.07) is 16.7. The quantitative estimate of drug-likeness (QED) is 0.212. The zero-order chi connectivity index (χ0) is 24.9. The van der Waals surface area contributed by atoms with E-state index >= 15 is 0 Å². The van der Waals surface area contributed by atoms with Crippen molar-refractivity contribution in [1.29, 1.82) is 0 Å². The number of fused-ring (bicyclic) bond motifs is 1. The lowest BCUT2D eigenvalue weighted by atomic mass is 10.1. The normalized spacial score (nSPS) is 12.5. The average molecular weight is 470 g/mol. The number of hydrogen-bond donors (Lipinski definition) is 0. The fourth-order valence-electron chi connectivity index (χ4n) is 3.69. The lowest BCUT2D eigenvalue weighted by Crippen LogP contribution is -2.05. The lowest BCUT2D eigenvalue weighted by Gasteiger charge is -2.09. The van der Waals surface area contributed by atoms with Gasteiger partial charge in [0.05, 0.1) is 26.9 Å². The van der Waals surface area contributed by atoms with Gasteiger partial charge in [-0.2, -0.15) is 0 Å². The Morgan fingerprint density at radius 3 is 1.86 bits per heavy atom. The van der Waals surface area contributed by atoms with Crippen molar-refractivity contribution in [1.82, 2.24) is 0 Å². The van der Waals surface area contributed by atoms with Crippen LogP contribution in [0, 0.1) is 0 Å². The van der Waals surface area contributed by atoms with Crippen molar-refractivity contribution in [2.24, 2.45) is 0 Å². The molecule has 0 spiro atoms. The predicted molar refractivity (Wildman–Crippen MR) is 130 cm³/mol. The third kappa shape index (κ3) is 4.84. The molecule has 0 unspecified atom stereocenters. The maximum Gasteiger partial charge on any atom is 0.336 e. The van der Waals surface area contributed by atoms with Crippen LogP contribution in [0.15, 0.2) is 72.3 Å². The highest BCUT2D eigenvalue weighted by atomic mass is 16.6. The van der Waals surface area contributed by atoms with Gasteiger partial charge >= 0.3 is 5.97 Å². The van der Waals surface area contributed by atoms with Gasteiger partial charge in [-0.1, -0.05) is 36.4 Å². The molecule has 3 aromatic rings. The molecule has 0 atom stereocenters. The van der Waals surface area contributed by atoms with E-state index in [1.165, 1.54) is 26.4 Å². The molecule has 0 radical (unpaired) electrons. The zero-order valence-electron chi connectivity index (χ0n) is 19.4. The molecule has 0 fully saturated rings. The van der Waals surface area contributed by atoms with Crippen LogP contribution in [0.1, 0.15) is 31.8 Å². The monoisotopic (exact) mass is 470 g/mol. The van der Waals surface area contributed by atoms with Gasteiger partial charge in [-0.05, 0) is 47.5 Å². The first-order valence-electron chi connectivity index (χ1n) is 10.6. The molecule has 0 aromatic heterocycles. The summed E-state index contributed by atoms with van der Waals surface area (Å²) in [6.07, 6.45) is 4.38. The molecule has 4 rings (SSSR count). The van der Waals surface area contributed by atoms with E-state index in [-0.39, 0.29) is 28.6 Å². The van der Waals surface area contributed by atoms with Crippen LogP contribution in [0.3, 0.4) is 0 Å².